The highest BCUT2D eigenvalue weighted by atomic mass is 19.4. The molecule has 3 aromatic heterocycles. The van der Waals surface area contributed by atoms with Crippen molar-refractivity contribution in [3.63, 3.8) is 0 Å². The molecule has 4 aromatic rings. The highest BCUT2D eigenvalue weighted by Crippen LogP contribution is 2.29. The fourth-order valence-electron chi connectivity index (χ4n) is 2.87. The van der Waals surface area contributed by atoms with E-state index in [1.807, 2.05) is 12.1 Å². The molecule has 1 aromatic carbocycles. The minimum absolute atomic E-state index is 0.0672. The zero-order chi connectivity index (χ0) is 19.9. The van der Waals surface area contributed by atoms with Crippen LogP contribution in [0.5, 0.6) is 0 Å². The number of alkyl halides is 3. The van der Waals surface area contributed by atoms with Crippen LogP contribution in [0.4, 0.5) is 13.2 Å². The molecule has 4 rings (SSSR count). The number of ketones is 1. The second-order valence-corrected chi connectivity index (χ2v) is 6.23. The van der Waals surface area contributed by atoms with Crippen LogP contribution in [0.15, 0.2) is 61.1 Å². The van der Waals surface area contributed by atoms with Gasteiger partial charge in [0.1, 0.15) is 5.69 Å². The van der Waals surface area contributed by atoms with Crippen LogP contribution in [0.25, 0.3) is 27.8 Å². The molecule has 0 saturated heterocycles. The summed E-state index contributed by atoms with van der Waals surface area (Å²) in [5, 5.41) is 4.94. The molecule has 3 heterocycles. The zero-order valence-electron chi connectivity index (χ0n) is 14.6. The average Bonchev–Trinajstić information content (AvgIpc) is 3.10. The summed E-state index contributed by atoms with van der Waals surface area (Å²) in [7, 11) is 0. The third-order valence-electron chi connectivity index (χ3n) is 4.29. The Morgan fingerprint density at radius 1 is 1.00 bits per heavy atom. The van der Waals surface area contributed by atoms with Gasteiger partial charge in [-0.15, -0.1) is 0 Å². The van der Waals surface area contributed by atoms with Crippen LogP contribution < -0.4 is 0 Å². The van der Waals surface area contributed by atoms with Crippen molar-refractivity contribution in [2.24, 2.45) is 0 Å². The van der Waals surface area contributed by atoms with E-state index >= 15 is 0 Å². The van der Waals surface area contributed by atoms with E-state index in [0.717, 1.165) is 22.6 Å². The third-order valence-corrected chi connectivity index (χ3v) is 4.29. The van der Waals surface area contributed by atoms with E-state index in [0.29, 0.717) is 11.1 Å². The van der Waals surface area contributed by atoms with E-state index in [1.54, 1.807) is 24.5 Å². The van der Waals surface area contributed by atoms with Gasteiger partial charge in [0, 0.05) is 28.9 Å². The number of halogens is 3. The van der Waals surface area contributed by atoms with Crippen molar-refractivity contribution in [3.8, 4) is 16.9 Å². The minimum atomic E-state index is -4.54. The summed E-state index contributed by atoms with van der Waals surface area (Å²) in [6, 6.07) is 10.8. The number of Topliss-reactive ketones (excluding diaryl/α,β-unsaturated/α-hetero) is 1. The second kappa shape index (κ2) is 6.56. The predicted molar refractivity (Wildman–Crippen MR) is 97.1 cm³/mol. The van der Waals surface area contributed by atoms with Crippen LogP contribution in [0.3, 0.4) is 0 Å². The summed E-state index contributed by atoms with van der Waals surface area (Å²) in [6.07, 6.45) is 0.131. The number of carbonyl (C=O) groups is 1. The zero-order valence-corrected chi connectivity index (χ0v) is 14.6. The monoisotopic (exact) mass is 382 g/mol. The van der Waals surface area contributed by atoms with E-state index < -0.39 is 11.9 Å². The van der Waals surface area contributed by atoms with Gasteiger partial charge in [-0.2, -0.15) is 18.3 Å². The summed E-state index contributed by atoms with van der Waals surface area (Å²) < 4.78 is 40.3. The molecule has 8 heteroatoms. The van der Waals surface area contributed by atoms with Gasteiger partial charge < -0.3 is 0 Å². The minimum Gasteiger partial charge on any atom is -0.294 e. The third kappa shape index (κ3) is 3.24. The lowest BCUT2D eigenvalue weighted by atomic mass is 10.0. The van der Waals surface area contributed by atoms with Crippen molar-refractivity contribution in [1.82, 2.24) is 19.7 Å². The SMILES string of the molecule is CC(=O)c1cncc(-c2ccc3cnn(-c4cccc(C(F)(F)F)n4)c3c2)c1. The number of benzene rings is 1. The van der Waals surface area contributed by atoms with Gasteiger partial charge in [-0.25, -0.2) is 9.67 Å². The number of pyridine rings is 2. The quantitative estimate of drug-likeness (QED) is 0.482. The molecule has 0 bridgehead atoms. The molecule has 0 unspecified atom stereocenters. The highest BCUT2D eigenvalue weighted by molar-refractivity contribution is 5.95. The van der Waals surface area contributed by atoms with Crippen LogP contribution in [-0.2, 0) is 6.18 Å². The molecule has 140 valence electrons. The lowest BCUT2D eigenvalue weighted by Gasteiger charge is -2.09. The summed E-state index contributed by atoms with van der Waals surface area (Å²) in [5.74, 6) is -0.0359. The Kier molecular flexibility index (Phi) is 4.18. The summed E-state index contributed by atoms with van der Waals surface area (Å²) in [6.45, 7) is 1.46. The normalized spacial score (nSPS) is 11.7. The van der Waals surface area contributed by atoms with E-state index in [4.69, 9.17) is 0 Å². The van der Waals surface area contributed by atoms with Gasteiger partial charge in [0.25, 0.3) is 0 Å². The molecule has 0 aliphatic carbocycles. The molecule has 0 atom stereocenters. The van der Waals surface area contributed by atoms with Crippen LogP contribution in [0.2, 0.25) is 0 Å². The molecule has 0 fully saturated rings. The number of hydrogen-bond acceptors (Lipinski definition) is 4. The fourth-order valence-corrected chi connectivity index (χ4v) is 2.87. The number of fused-ring (bicyclic) bond motifs is 1. The Labute approximate surface area is 157 Å². The second-order valence-electron chi connectivity index (χ2n) is 6.23. The van der Waals surface area contributed by atoms with Crippen LogP contribution >= 0.6 is 0 Å². The fraction of sp³-hybridized carbons (Fsp3) is 0.100. The molecule has 5 nitrogen and oxygen atoms in total. The Morgan fingerprint density at radius 3 is 2.57 bits per heavy atom. The lowest BCUT2D eigenvalue weighted by Crippen LogP contribution is -2.10. The summed E-state index contributed by atoms with van der Waals surface area (Å²) in [4.78, 5) is 19.4. The van der Waals surface area contributed by atoms with Crippen molar-refractivity contribution >= 4 is 16.7 Å². The number of hydrogen-bond donors (Lipinski definition) is 0. The predicted octanol–water partition coefficient (Wildman–Crippen LogP) is 4.70. The first-order chi connectivity index (χ1) is 13.3. The topological polar surface area (TPSA) is 60.7 Å². The number of rotatable bonds is 3. The van der Waals surface area contributed by atoms with E-state index in [2.05, 4.69) is 15.1 Å². The van der Waals surface area contributed by atoms with Crippen LogP contribution in [0, 0.1) is 0 Å². The van der Waals surface area contributed by atoms with Gasteiger partial charge in [0.2, 0.25) is 0 Å². The van der Waals surface area contributed by atoms with Crippen molar-refractivity contribution in [2.45, 2.75) is 13.1 Å². The molecule has 28 heavy (non-hydrogen) atoms. The van der Waals surface area contributed by atoms with Crippen molar-refractivity contribution < 1.29 is 18.0 Å². The Hall–Kier alpha value is -3.55. The number of nitrogens with zero attached hydrogens (tertiary/aromatic N) is 4. The van der Waals surface area contributed by atoms with E-state index in [9.17, 15) is 18.0 Å². The van der Waals surface area contributed by atoms with E-state index in [1.165, 1.54) is 29.9 Å². The first-order valence-electron chi connectivity index (χ1n) is 8.32. The Balaban J connectivity index is 1.84. The van der Waals surface area contributed by atoms with Gasteiger partial charge in [0.05, 0.1) is 11.7 Å². The Bertz CT molecular complexity index is 1200. The van der Waals surface area contributed by atoms with Crippen LogP contribution in [-0.4, -0.2) is 25.5 Å². The first-order valence-corrected chi connectivity index (χ1v) is 8.32. The summed E-state index contributed by atoms with van der Waals surface area (Å²) >= 11 is 0. The Morgan fingerprint density at radius 2 is 1.82 bits per heavy atom. The van der Waals surface area contributed by atoms with Gasteiger partial charge in [-0.3, -0.25) is 9.78 Å². The van der Waals surface area contributed by atoms with Gasteiger partial charge in [0.15, 0.2) is 11.6 Å². The maximum atomic E-state index is 13.0. The largest absolute Gasteiger partial charge is 0.433 e. The van der Waals surface area contributed by atoms with Gasteiger partial charge >= 0.3 is 6.18 Å². The maximum absolute atomic E-state index is 13.0. The van der Waals surface area contributed by atoms with Gasteiger partial charge in [-0.1, -0.05) is 18.2 Å². The molecule has 0 amide bonds. The molecular weight excluding hydrogens is 369 g/mol. The average molecular weight is 382 g/mol. The molecule has 0 spiro atoms. The molecule has 0 aliphatic heterocycles. The maximum Gasteiger partial charge on any atom is 0.433 e. The molecule has 0 radical (unpaired) electrons. The molecule has 0 saturated carbocycles. The highest BCUT2D eigenvalue weighted by Gasteiger charge is 2.32. The number of carbonyl (C=O) groups excluding carboxylic acids is 1. The van der Waals surface area contributed by atoms with E-state index in [-0.39, 0.29) is 11.6 Å². The molecule has 0 N–H and O–H groups in total. The smallest absolute Gasteiger partial charge is 0.294 e. The van der Waals surface area contributed by atoms with Crippen molar-refractivity contribution in [3.05, 3.63) is 72.3 Å². The molecular formula is C20H13F3N4O. The van der Waals surface area contributed by atoms with Crippen LogP contribution in [0.1, 0.15) is 23.0 Å². The van der Waals surface area contributed by atoms with Crippen molar-refractivity contribution in [1.29, 1.82) is 0 Å². The lowest BCUT2D eigenvalue weighted by molar-refractivity contribution is -0.141. The molecule has 0 aliphatic rings. The standard InChI is InChI=1S/C20H13F3N4O/c1-12(28)15-7-16(10-24-9-15)13-5-6-14-11-25-27(17(14)8-13)19-4-2-3-18(26-19)20(21,22)23/h2-11H,1H3. The summed E-state index contributed by atoms with van der Waals surface area (Å²) in [5.41, 5.74) is 1.57. The number of aromatic nitrogens is 4. The van der Waals surface area contributed by atoms with Crippen molar-refractivity contribution in [2.75, 3.05) is 0 Å². The first kappa shape index (κ1) is 17.8. The van der Waals surface area contributed by atoms with Gasteiger partial charge in [-0.05, 0) is 36.8 Å².